The Labute approximate surface area is 166 Å². The van der Waals surface area contributed by atoms with Gasteiger partial charge in [0.2, 0.25) is 0 Å². The molecule has 2 aliphatic heterocycles. The fourth-order valence-electron chi connectivity index (χ4n) is 3.51. The second-order valence-corrected chi connectivity index (χ2v) is 8.92. The van der Waals surface area contributed by atoms with Gasteiger partial charge in [-0.05, 0) is 11.8 Å². The zero-order valence-electron chi connectivity index (χ0n) is 14.9. The van der Waals surface area contributed by atoms with Crippen LogP contribution in [0.15, 0.2) is 21.1 Å². The molecule has 2 atom stereocenters. The predicted octanol–water partition coefficient (Wildman–Crippen LogP) is 0.962. The number of nitrogens with one attached hydrogen (secondary N) is 1. The van der Waals surface area contributed by atoms with E-state index in [1.807, 2.05) is 7.05 Å². The van der Waals surface area contributed by atoms with Gasteiger partial charge in [-0.3, -0.25) is 9.79 Å². The van der Waals surface area contributed by atoms with Crippen LogP contribution < -0.4 is 16.7 Å². The number of alkyl halides is 1. The summed E-state index contributed by atoms with van der Waals surface area (Å²) >= 11 is 2.39. The molecule has 0 aliphatic carbocycles. The van der Waals surface area contributed by atoms with E-state index in [0.717, 1.165) is 45.5 Å². The average Bonchev–Trinajstić information content (AvgIpc) is 3.40. The number of thioether (sulfide) groups is 1. The van der Waals surface area contributed by atoms with E-state index in [1.165, 1.54) is 16.0 Å². The third-order valence-corrected chi connectivity index (χ3v) is 6.86. The first-order chi connectivity index (χ1) is 13.5. The Kier molecular flexibility index (Phi) is 4.12. The van der Waals surface area contributed by atoms with Crippen LogP contribution in [-0.4, -0.2) is 48.3 Å². The van der Waals surface area contributed by atoms with Gasteiger partial charge in [-0.1, -0.05) is 0 Å². The van der Waals surface area contributed by atoms with E-state index >= 15 is 0 Å². The first-order valence-corrected chi connectivity index (χ1v) is 10.5. The first kappa shape index (κ1) is 17.6. The van der Waals surface area contributed by atoms with E-state index in [0.29, 0.717) is 24.1 Å². The first-order valence-electron chi connectivity index (χ1n) is 8.77. The number of amidine groups is 1. The van der Waals surface area contributed by atoms with Crippen LogP contribution in [0, 0.1) is 0 Å². The van der Waals surface area contributed by atoms with Crippen LogP contribution >= 0.6 is 23.1 Å². The fraction of sp³-hybridized carbons (Fsp3) is 0.438. The zero-order chi connectivity index (χ0) is 19.4. The highest BCUT2D eigenvalue weighted by Gasteiger charge is 2.30. The van der Waals surface area contributed by atoms with Crippen LogP contribution in [0.2, 0.25) is 0 Å². The molecule has 5 rings (SSSR count). The molecule has 0 spiro atoms. The van der Waals surface area contributed by atoms with E-state index in [1.54, 1.807) is 10.8 Å². The highest BCUT2D eigenvalue weighted by molar-refractivity contribution is 8.14. The monoisotopic (exact) mass is 420 g/mol. The summed E-state index contributed by atoms with van der Waals surface area (Å²) in [6, 6.07) is -0.520. The number of halogens is 1. The molecule has 2 aliphatic rings. The molecule has 146 valence electrons. The van der Waals surface area contributed by atoms with Crippen molar-refractivity contribution < 1.29 is 4.39 Å². The Bertz CT molecular complexity index is 1210. The van der Waals surface area contributed by atoms with E-state index in [9.17, 15) is 9.18 Å². The number of nitrogens with two attached hydrogens (primary N) is 1. The number of fused-ring (bicyclic) bond motifs is 3. The summed E-state index contributed by atoms with van der Waals surface area (Å²) in [5.74, 6) is 0. The van der Waals surface area contributed by atoms with Crippen LogP contribution in [0.1, 0.15) is 11.4 Å². The van der Waals surface area contributed by atoms with Gasteiger partial charge in [0, 0.05) is 31.8 Å². The molecule has 2 unspecified atom stereocenters. The number of aromatic nitrogens is 4. The quantitative estimate of drug-likeness (QED) is 0.650. The van der Waals surface area contributed by atoms with Crippen molar-refractivity contribution in [2.75, 3.05) is 6.54 Å². The maximum atomic E-state index is 14.0. The van der Waals surface area contributed by atoms with Gasteiger partial charge in [0.05, 0.1) is 28.2 Å². The molecular weight excluding hydrogens is 403 g/mol. The maximum Gasteiger partial charge on any atom is 0.291 e. The Morgan fingerprint density at radius 2 is 2.32 bits per heavy atom. The molecule has 0 fully saturated rings. The van der Waals surface area contributed by atoms with E-state index in [-0.39, 0.29) is 10.7 Å². The molecular formula is C16H17FN8OS2. The predicted molar refractivity (Wildman–Crippen MR) is 110 cm³/mol. The molecule has 12 heteroatoms. The van der Waals surface area contributed by atoms with Crippen LogP contribution in [0.4, 0.5) is 4.39 Å². The third-order valence-electron chi connectivity index (χ3n) is 4.88. The smallest absolute Gasteiger partial charge is 0.291 e. The van der Waals surface area contributed by atoms with Crippen molar-refractivity contribution in [3.8, 4) is 0 Å². The Morgan fingerprint density at radius 1 is 1.46 bits per heavy atom. The molecule has 9 nitrogen and oxygen atoms in total. The van der Waals surface area contributed by atoms with Crippen molar-refractivity contribution in [3.05, 3.63) is 21.6 Å². The summed E-state index contributed by atoms with van der Waals surface area (Å²) in [5, 5.41) is 10.3. The minimum atomic E-state index is -1.15. The summed E-state index contributed by atoms with van der Waals surface area (Å²) < 4.78 is 18.1. The van der Waals surface area contributed by atoms with Gasteiger partial charge in [0.15, 0.2) is 16.3 Å². The molecule has 3 aromatic heterocycles. The molecule has 0 saturated carbocycles. The second kappa shape index (κ2) is 6.55. The minimum absolute atomic E-state index is 0.172. The molecule has 0 aromatic carbocycles. The highest BCUT2D eigenvalue weighted by Crippen LogP contribution is 2.34. The maximum absolute atomic E-state index is 14.0. The molecule has 0 amide bonds. The van der Waals surface area contributed by atoms with Gasteiger partial charge in [-0.25, -0.2) is 14.1 Å². The van der Waals surface area contributed by atoms with E-state index in [4.69, 9.17) is 5.73 Å². The standard InChI is InChI=1S/C16H17FN8OS2/c1-24-11-8(5-20-25(15(11)26)6-7-2-3-19-23-7)12-14(24)22-10(27-12)4-9-13(17)28-16(18)21-9/h5,9,13,19H,2-4,6H2,1H3,(H2,18,21). The van der Waals surface area contributed by atoms with Gasteiger partial charge in [-0.2, -0.15) is 10.2 Å². The van der Waals surface area contributed by atoms with E-state index in [2.05, 4.69) is 25.6 Å². The van der Waals surface area contributed by atoms with Crippen LogP contribution in [-0.2, 0) is 20.0 Å². The lowest BCUT2D eigenvalue weighted by molar-refractivity contribution is 0.394. The number of hydrogen-bond acceptors (Lipinski definition) is 9. The van der Waals surface area contributed by atoms with Crippen molar-refractivity contribution in [1.82, 2.24) is 24.8 Å². The van der Waals surface area contributed by atoms with Gasteiger partial charge in [0.1, 0.15) is 11.6 Å². The number of thiazole rings is 1. The van der Waals surface area contributed by atoms with Crippen molar-refractivity contribution in [1.29, 1.82) is 0 Å². The normalized spacial score (nSPS) is 22.1. The Balaban J connectivity index is 1.53. The fourth-order valence-corrected chi connectivity index (χ4v) is 5.40. The molecule has 0 saturated heterocycles. The SMILES string of the molecule is Cn1c2nc(CC3N=C(N)SC3F)sc2c2cnn(CC3=NNCC3)c(=O)c21. The average molecular weight is 420 g/mol. The minimum Gasteiger partial charge on any atom is -0.378 e. The number of hydrazone groups is 1. The molecule has 5 heterocycles. The number of hydrogen-bond donors (Lipinski definition) is 2. The van der Waals surface area contributed by atoms with Crippen LogP contribution in [0.5, 0.6) is 0 Å². The van der Waals surface area contributed by atoms with Gasteiger partial charge in [0.25, 0.3) is 5.56 Å². The molecule has 28 heavy (non-hydrogen) atoms. The van der Waals surface area contributed by atoms with Crippen LogP contribution in [0.3, 0.4) is 0 Å². The third kappa shape index (κ3) is 2.78. The Hall–Kier alpha value is -2.47. The lowest BCUT2D eigenvalue weighted by Crippen LogP contribution is -2.27. The van der Waals surface area contributed by atoms with E-state index < -0.39 is 11.5 Å². The van der Waals surface area contributed by atoms with Crippen molar-refractivity contribution in [2.45, 2.75) is 30.9 Å². The lowest BCUT2D eigenvalue weighted by Gasteiger charge is -2.06. The largest absolute Gasteiger partial charge is 0.378 e. The summed E-state index contributed by atoms with van der Waals surface area (Å²) in [5.41, 5.74) is 9.35. The van der Waals surface area contributed by atoms with Gasteiger partial charge < -0.3 is 15.7 Å². The van der Waals surface area contributed by atoms with Crippen molar-refractivity contribution in [3.63, 3.8) is 0 Å². The summed E-state index contributed by atoms with van der Waals surface area (Å²) in [4.78, 5) is 21.7. The number of nitrogens with zero attached hydrogens (tertiary/aromatic N) is 6. The van der Waals surface area contributed by atoms with Gasteiger partial charge in [-0.15, -0.1) is 11.3 Å². The summed E-state index contributed by atoms with van der Waals surface area (Å²) in [6.07, 6.45) is 2.89. The molecule has 0 bridgehead atoms. The Morgan fingerprint density at radius 3 is 3.04 bits per heavy atom. The summed E-state index contributed by atoms with van der Waals surface area (Å²) in [7, 11) is 1.81. The van der Waals surface area contributed by atoms with Crippen LogP contribution in [0.25, 0.3) is 21.3 Å². The molecule has 0 radical (unpaired) electrons. The summed E-state index contributed by atoms with van der Waals surface area (Å²) in [6.45, 7) is 1.16. The van der Waals surface area contributed by atoms with Crippen molar-refractivity contribution >= 4 is 55.2 Å². The second-order valence-electron chi connectivity index (χ2n) is 6.73. The topological polar surface area (TPSA) is 115 Å². The lowest BCUT2D eigenvalue weighted by atomic mass is 10.2. The van der Waals surface area contributed by atoms with Gasteiger partial charge >= 0.3 is 0 Å². The highest BCUT2D eigenvalue weighted by atomic mass is 32.2. The van der Waals surface area contributed by atoms with Crippen molar-refractivity contribution in [2.24, 2.45) is 22.9 Å². The molecule has 3 N–H and O–H groups in total. The number of aryl methyl sites for hydroxylation is 1. The number of aliphatic imine (C=N–C) groups is 1. The zero-order valence-corrected chi connectivity index (χ0v) is 16.6. The molecule has 3 aromatic rings. The number of rotatable bonds is 4.